The van der Waals surface area contributed by atoms with Crippen molar-refractivity contribution in [1.82, 2.24) is 10.9 Å². The van der Waals surface area contributed by atoms with Crippen molar-refractivity contribution in [1.29, 1.82) is 0 Å². The van der Waals surface area contributed by atoms with Crippen LogP contribution >= 0.6 is 11.6 Å². The van der Waals surface area contributed by atoms with Crippen molar-refractivity contribution < 1.29 is 9.53 Å². The number of hydrazine groups is 1. The molecule has 2 aromatic carbocycles. The van der Waals surface area contributed by atoms with Crippen LogP contribution in [0, 0.1) is 0 Å². The molecule has 0 radical (unpaired) electrons. The maximum Gasteiger partial charge on any atom is 0.273 e. The number of hydrogen-bond donors (Lipinski definition) is 2. The lowest BCUT2D eigenvalue weighted by molar-refractivity contribution is 0.0933. The number of para-hydroxylation sites is 1. The zero-order valence-corrected chi connectivity index (χ0v) is 14.7. The Kier molecular flexibility index (Phi) is 5.96. The van der Waals surface area contributed by atoms with Crippen molar-refractivity contribution in [3.8, 4) is 5.75 Å². The number of nitrogens with one attached hydrogen (secondary N) is 2. The van der Waals surface area contributed by atoms with Crippen LogP contribution in [0.15, 0.2) is 60.3 Å². The number of rotatable bonds is 6. The van der Waals surface area contributed by atoms with E-state index in [1.807, 2.05) is 36.4 Å². The Morgan fingerprint density at radius 1 is 1.08 bits per heavy atom. The molecule has 3 rings (SSSR count). The molecular weight excluding hydrogens is 336 g/mol. The summed E-state index contributed by atoms with van der Waals surface area (Å²) in [6, 6.07) is 14.7. The largest absolute Gasteiger partial charge is 0.488 e. The number of halogens is 1. The Labute approximate surface area is 152 Å². The quantitative estimate of drug-likeness (QED) is 0.743. The van der Waals surface area contributed by atoms with Gasteiger partial charge in [0.2, 0.25) is 0 Å². The first-order valence-electron chi connectivity index (χ1n) is 8.44. The molecule has 25 heavy (non-hydrogen) atoms. The third-order valence-electron chi connectivity index (χ3n) is 4.10. The van der Waals surface area contributed by atoms with Gasteiger partial charge in [-0.3, -0.25) is 10.2 Å². The number of carbonyl (C=O) groups excluding carboxylic acids is 1. The highest BCUT2D eigenvalue weighted by atomic mass is 35.5. The van der Waals surface area contributed by atoms with Gasteiger partial charge in [0.1, 0.15) is 12.4 Å². The predicted molar refractivity (Wildman–Crippen MR) is 99.4 cm³/mol. The minimum Gasteiger partial charge on any atom is -0.488 e. The summed E-state index contributed by atoms with van der Waals surface area (Å²) in [5, 5.41) is 0.648. The van der Waals surface area contributed by atoms with E-state index in [-0.39, 0.29) is 5.91 Å². The van der Waals surface area contributed by atoms with Crippen molar-refractivity contribution in [2.45, 2.75) is 32.3 Å². The first-order chi connectivity index (χ1) is 12.2. The smallest absolute Gasteiger partial charge is 0.273 e. The molecule has 0 fully saturated rings. The van der Waals surface area contributed by atoms with Gasteiger partial charge in [-0.2, -0.15) is 0 Å². The summed E-state index contributed by atoms with van der Waals surface area (Å²) in [5.41, 5.74) is 8.20. The molecule has 2 aromatic rings. The minimum atomic E-state index is -0.221. The first-order valence-corrected chi connectivity index (χ1v) is 8.82. The third kappa shape index (κ3) is 4.77. The average molecular weight is 357 g/mol. The molecule has 4 nitrogen and oxygen atoms in total. The number of carbonyl (C=O) groups is 1. The van der Waals surface area contributed by atoms with Crippen LogP contribution in [0.3, 0.4) is 0 Å². The summed E-state index contributed by atoms with van der Waals surface area (Å²) in [4.78, 5) is 12.5. The van der Waals surface area contributed by atoms with Gasteiger partial charge in [0.15, 0.2) is 0 Å². The second kappa shape index (κ2) is 8.58. The molecule has 1 aliphatic carbocycles. The van der Waals surface area contributed by atoms with E-state index < -0.39 is 0 Å². The molecule has 0 aromatic heterocycles. The highest BCUT2D eigenvalue weighted by molar-refractivity contribution is 6.31. The van der Waals surface area contributed by atoms with Crippen molar-refractivity contribution in [3.05, 3.63) is 76.5 Å². The lowest BCUT2D eigenvalue weighted by Gasteiger charge is -2.17. The van der Waals surface area contributed by atoms with Crippen LogP contribution in [-0.2, 0) is 6.61 Å². The molecule has 2 N–H and O–H groups in total. The lowest BCUT2D eigenvalue weighted by Crippen LogP contribution is -2.37. The molecular formula is C20H21ClN2O2. The van der Waals surface area contributed by atoms with E-state index in [0.29, 0.717) is 22.9 Å². The maximum absolute atomic E-state index is 12.5. The van der Waals surface area contributed by atoms with Crippen molar-refractivity contribution in [2.75, 3.05) is 0 Å². The summed E-state index contributed by atoms with van der Waals surface area (Å²) in [6.07, 6.45) is 6.49. The highest BCUT2D eigenvalue weighted by Crippen LogP contribution is 2.22. The number of hydrogen-bond acceptors (Lipinski definition) is 3. The zero-order chi connectivity index (χ0) is 17.5. The van der Waals surface area contributed by atoms with E-state index in [1.165, 1.54) is 6.42 Å². The van der Waals surface area contributed by atoms with E-state index >= 15 is 0 Å². The van der Waals surface area contributed by atoms with E-state index in [4.69, 9.17) is 16.3 Å². The van der Waals surface area contributed by atoms with Gasteiger partial charge in [-0.1, -0.05) is 48.0 Å². The monoisotopic (exact) mass is 356 g/mol. The fourth-order valence-electron chi connectivity index (χ4n) is 2.71. The molecule has 0 aliphatic heterocycles. The Hall–Kier alpha value is -2.46. The molecule has 1 aliphatic rings. The van der Waals surface area contributed by atoms with Gasteiger partial charge in [0.05, 0.1) is 5.56 Å². The number of amides is 1. The number of allylic oxidation sites excluding steroid dienone is 2. The van der Waals surface area contributed by atoms with Crippen LogP contribution in [0.4, 0.5) is 0 Å². The molecule has 0 unspecified atom stereocenters. The number of benzene rings is 2. The molecule has 0 saturated heterocycles. The van der Waals surface area contributed by atoms with Gasteiger partial charge in [0.25, 0.3) is 5.91 Å². The summed E-state index contributed by atoms with van der Waals surface area (Å²) in [7, 11) is 0. The lowest BCUT2D eigenvalue weighted by atomic mass is 10.1. The summed E-state index contributed by atoms with van der Waals surface area (Å²) < 4.78 is 5.83. The Bertz CT molecular complexity index is 774. The molecule has 0 bridgehead atoms. The fourth-order valence-corrected chi connectivity index (χ4v) is 2.90. The molecule has 0 atom stereocenters. The second-order valence-electron chi connectivity index (χ2n) is 5.93. The summed E-state index contributed by atoms with van der Waals surface area (Å²) >= 11 is 6.15. The zero-order valence-electron chi connectivity index (χ0n) is 13.9. The van der Waals surface area contributed by atoms with Gasteiger partial charge in [-0.15, -0.1) is 0 Å². The highest BCUT2D eigenvalue weighted by Gasteiger charge is 2.13. The molecule has 0 saturated carbocycles. The van der Waals surface area contributed by atoms with E-state index in [1.54, 1.807) is 12.1 Å². The third-order valence-corrected chi connectivity index (χ3v) is 4.47. The van der Waals surface area contributed by atoms with Crippen LogP contribution in [0.5, 0.6) is 5.75 Å². The molecule has 1 amide bonds. The van der Waals surface area contributed by atoms with Crippen LogP contribution in [-0.4, -0.2) is 5.91 Å². The Balaban J connectivity index is 1.64. The van der Waals surface area contributed by atoms with Gasteiger partial charge in [-0.25, -0.2) is 0 Å². The van der Waals surface area contributed by atoms with Gasteiger partial charge in [-0.05, 0) is 43.9 Å². The normalized spacial score (nSPS) is 13.7. The van der Waals surface area contributed by atoms with Crippen molar-refractivity contribution >= 4 is 17.5 Å². The van der Waals surface area contributed by atoms with Crippen LogP contribution in [0.1, 0.15) is 41.6 Å². The summed E-state index contributed by atoms with van der Waals surface area (Å²) in [6.45, 7) is 0.308. The molecule has 5 heteroatoms. The van der Waals surface area contributed by atoms with Gasteiger partial charge < -0.3 is 10.2 Å². The Morgan fingerprint density at radius 2 is 1.88 bits per heavy atom. The van der Waals surface area contributed by atoms with E-state index in [2.05, 4.69) is 16.9 Å². The molecule has 0 spiro atoms. The Morgan fingerprint density at radius 3 is 2.68 bits per heavy atom. The van der Waals surface area contributed by atoms with E-state index in [9.17, 15) is 4.79 Å². The van der Waals surface area contributed by atoms with Crippen LogP contribution in [0.2, 0.25) is 5.02 Å². The standard InChI is InChI=1S/C20H21ClN2O2/c21-18-12-6-4-8-15(18)14-25-19-13-7-5-11-17(19)20(24)23-22-16-9-2-1-3-10-16/h4-9,11-13,22H,1-3,10,14H2,(H,23,24). The SMILES string of the molecule is O=C(NNC1=CCCCC1)c1ccccc1OCc1ccccc1Cl. The molecule has 0 heterocycles. The predicted octanol–water partition coefficient (Wildman–Crippen LogP) is 4.61. The summed E-state index contributed by atoms with van der Waals surface area (Å²) in [5.74, 6) is 0.306. The van der Waals surface area contributed by atoms with Crippen LogP contribution in [0.25, 0.3) is 0 Å². The number of ether oxygens (including phenoxy) is 1. The second-order valence-corrected chi connectivity index (χ2v) is 6.34. The van der Waals surface area contributed by atoms with Crippen LogP contribution < -0.4 is 15.6 Å². The average Bonchev–Trinajstić information content (AvgIpc) is 2.66. The topological polar surface area (TPSA) is 50.4 Å². The van der Waals surface area contributed by atoms with Crippen molar-refractivity contribution in [3.63, 3.8) is 0 Å². The molecule has 130 valence electrons. The minimum absolute atomic E-state index is 0.221. The maximum atomic E-state index is 12.5. The van der Waals surface area contributed by atoms with E-state index in [0.717, 1.165) is 30.5 Å². The van der Waals surface area contributed by atoms with Gasteiger partial charge in [0, 0.05) is 16.3 Å². The fraction of sp³-hybridized carbons (Fsp3) is 0.250. The van der Waals surface area contributed by atoms with Gasteiger partial charge >= 0.3 is 0 Å². The first kappa shape index (κ1) is 17.4. The van der Waals surface area contributed by atoms with Crippen molar-refractivity contribution in [2.24, 2.45) is 0 Å².